The van der Waals surface area contributed by atoms with Crippen LogP contribution in [0, 0.1) is 5.92 Å². The SMILES string of the molecule is CCC(CC)C(Cl)c1cc(Br)ccc1OC. The first-order chi connectivity index (χ1) is 7.63. The zero-order valence-corrected chi connectivity index (χ0v) is 12.3. The lowest BCUT2D eigenvalue weighted by molar-refractivity contribution is 0.398. The second-order valence-corrected chi connectivity index (χ2v) is 5.25. The first kappa shape index (κ1) is 13.9. The highest BCUT2D eigenvalue weighted by molar-refractivity contribution is 9.10. The van der Waals surface area contributed by atoms with E-state index in [-0.39, 0.29) is 5.38 Å². The Hall–Kier alpha value is -0.210. The second kappa shape index (κ2) is 6.51. The summed E-state index contributed by atoms with van der Waals surface area (Å²) in [5.74, 6) is 1.36. The molecule has 16 heavy (non-hydrogen) atoms. The van der Waals surface area contributed by atoms with Crippen molar-refractivity contribution < 1.29 is 4.74 Å². The highest BCUT2D eigenvalue weighted by atomic mass is 79.9. The van der Waals surface area contributed by atoms with Crippen molar-refractivity contribution in [2.75, 3.05) is 7.11 Å². The molecule has 1 unspecified atom stereocenters. The van der Waals surface area contributed by atoms with Crippen molar-refractivity contribution in [3.63, 3.8) is 0 Å². The van der Waals surface area contributed by atoms with Crippen LogP contribution in [-0.4, -0.2) is 7.11 Å². The Balaban J connectivity index is 3.04. The number of methoxy groups -OCH3 is 1. The van der Waals surface area contributed by atoms with E-state index >= 15 is 0 Å². The molecule has 0 N–H and O–H groups in total. The fourth-order valence-corrected chi connectivity index (χ4v) is 2.78. The van der Waals surface area contributed by atoms with Crippen LogP contribution >= 0.6 is 27.5 Å². The minimum Gasteiger partial charge on any atom is -0.496 e. The Morgan fingerprint density at radius 1 is 1.31 bits per heavy atom. The smallest absolute Gasteiger partial charge is 0.123 e. The van der Waals surface area contributed by atoms with Crippen molar-refractivity contribution in [1.82, 2.24) is 0 Å². The average Bonchev–Trinajstić information content (AvgIpc) is 2.30. The quantitative estimate of drug-likeness (QED) is 0.682. The van der Waals surface area contributed by atoms with Gasteiger partial charge in [0, 0.05) is 10.0 Å². The summed E-state index contributed by atoms with van der Waals surface area (Å²) in [6.45, 7) is 4.35. The molecule has 1 atom stereocenters. The van der Waals surface area contributed by atoms with E-state index in [1.54, 1.807) is 7.11 Å². The Bertz CT molecular complexity index is 337. The van der Waals surface area contributed by atoms with Crippen LogP contribution in [-0.2, 0) is 0 Å². The summed E-state index contributed by atoms with van der Waals surface area (Å²) in [6, 6.07) is 5.98. The standard InChI is InChI=1S/C13H18BrClO/c1-4-9(5-2)13(15)11-8-10(14)6-7-12(11)16-3/h6-9,13H,4-5H2,1-3H3. The van der Waals surface area contributed by atoms with Crippen LogP contribution in [0.5, 0.6) is 5.75 Å². The largest absolute Gasteiger partial charge is 0.496 e. The fourth-order valence-electron chi connectivity index (χ4n) is 1.88. The van der Waals surface area contributed by atoms with Gasteiger partial charge >= 0.3 is 0 Å². The molecule has 0 heterocycles. The summed E-state index contributed by atoms with van der Waals surface area (Å²) in [5.41, 5.74) is 1.08. The van der Waals surface area contributed by atoms with Gasteiger partial charge in [0.15, 0.2) is 0 Å². The number of rotatable bonds is 5. The van der Waals surface area contributed by atoms with Crippen molar-refractivity contribution >= 4 is 27.5 Å². The van der Waals surface area contributed by atoms with Gasteiger partial charge in [-0.05, 0) is 24.1 Å². The van der Waals surface area contributed by atoms with Gasteiger partial charge in [0.1, 0.15) is 5.75 Å². The third kappa shape index (κ3) is 3.14. The van der Waals surface area contributed by atoms with E-state index in [1.807, 2.05) is 12.1 Å². The Morgan fingerprint density at radius 3 is 2.44 bits per heavy atom. The molecule has 1 aromatic carbocycles. The van der Waals surface area contributed by atoms with Gasteiger partial charge in [-0.3, -0.25) is 0 Å². The van der Waals surface area contributed by atoms with Crippen molar-refractivity contribution in [2.24, 2.45) is 5.92 Å². The van der Waals surface area contributed by atoms with Crippen LogP contribution in [0.25, 0.3) is 0 Å². The summed E-state index contributed by atoms with van der Waals surface area (Å²) in [6.07, 6.45) is 2.17. The molecule has 3 heteroatoms. The first-order valence-corrected chi connectivity index (χ1v) is 6.84. The monoisotopic (exact) mass is 304 g/mol. The number of alkyl halides is 1. The molecule has 1 rings (SSSR count). The number of hydrogen-bond donors (Lipinski definition) is 0. The molecule has 0 aromatic heterocycles. The summed E-state index contributed by atoms with van der Waals surface area (Å²) < 4.78 is 6.40. The maximum Gasteiger partial charge on any atom is 0.123 e. The normalized spacial score (nSPS) is 12.9. The molecular weight excluding hydrogens is 287 g/mol. The van der Waals surface area contributed by atoms with Crippen molar-refractivity contribution in [2.45, 2.75) is 32.1 Å². The molecule has 0 radical (unpaired) electrons. The lowest BCUT2D eigenvalue weighted by atomic mass is 9.93. The van der Waals surface area contributed by atoms with Crippen LogP contribution in [0.2, 0.25) is 0 Å². The second-order valence-electron chi connectivity index (χ2n) is 3.86. The van der Waals surface area contributed by atoms with Crippen LogP contribution in [0.4, 0.5) is 0 Å². The average molecular weight is 306 g/mol. The molecule has 0 fully saturated rings. The van der Waals surface area contributed by atoms with E-state index in [1.165, 1.54) is 0 Å². The van der Waals surface area contributed by atoms with Crippen LogP contribution < -0.4 is 4.74 Å². The van der Waals surface area contributed by atoms with Gasteiger partial charge in [0.25, 0.3) is 0 Å². The summed E-state index contributed by atoms with van der Waals surface area (Å²) in [5, 5.41) is 0.0162. The highest BCUT2D eigenvalue weighted by Gasteiger charge is 2.21. The van der Waals surface area contributed by atoms with Gasteiger partial charge in [0.05, 0.1) is 12.5 Å². The molecule has 90 valence electrons. The maximum atomic E-state index is 6.53. The molecule has 0 spiro atoms. The van der Waals surface area contributed by atoms with Gasteiger partial charge in [0.2, 0.25) is 0 Å². The number of hydrogen-bond acceptors (Lipinski definition) is 1. The molecule has 0 bridgehead atoms. The molecular formula is C13H18BrClO. The predicted molar refractivity (Wildman–Crippen MR) is 73.4 cm³/mol. The van der Waals surface area contributed by atoms with Crippen molar-refractivity contribution in [3.05, 3.63) is 28.2 Å². The molecule has 0 saturated carbocycles. The maximum absolute atomic E-state index is 6.53. The minimum atomic E-state index is 0.0162. The zero-order valence-electron chi connectivity index (χ0n) is 9.97. The zero-order chi connectivity index (χ0) is 12.1. The number of ether oxygens (including phenoxy) is 1. The summed E-state index contributed by atoms with van der Waals surface area (Å²) in [4.78, 5) is 0. The van der Waals surface area contributed by atoms with Gasteiger partial charge in [-0.2, -0.15) is 0 Å². The van der Waals surface area contributed by atoms with E-state index in [4.69, 9.17) is 16.3 Å². The molecule has 0 saturated heterocycles. The Kier molecular flexibility index (Phi) is 5.63. The molecule has 0 aliphatic heterocycles. The Labute approximate surface area is 111 Å². The van der Waals surface area contributed by atoms with Crippen LogP contribution in [0.3, 0.4) is 0 Å². The lowest BCUT2D eigenvalue weighted by Crippen LogP contribution is -2.07. The van der Waals surface area contributed by atoms with E-state index in [0.29, 0.717) is 5.92 Å². The third-order valence-corrected chi connectivity index (χ3v) is 4.04. The first-order valence-electron chi connectivity index (χ1n) is 5.61. The van der Waals surface area contributed by atoms with Gasteiger partial charge in [-0.25, -0.2) is 0 Å². The number of halogens is 2. The van der Waals surface area contributed by atoms with Gasteiger partial charge in [-0.1, -0.05) is 42.6 Å². The molecule has 1 nitrogen and oxygen atoms in total. The molecule has 1 aromatic rings. The minimum absolute atomic E-state index is 0.0162. The summed E-state index contributed by atoms with van der Waals surface area (Å²) >= 11 is 10.0. The lowest BCUT2D eigenvalue weighted by Gasteiger charge is -2.21. The van der Waals surface area contributed by atoms with Gasteiger partial charge < -0.3 is 4.74 Å². The van der Waals surface area contributed by atoms with Crippen LogP contribution in [0.1, 0.15) is 37.6 Å². The van der Waals surface area contributed by atoms with Gasteiger partial charge in [-0.15, -0.1) is 11.6 Å². The van der Waals surface area contributed by atoms with E-state index < -0.39 is 0 Å². The molecule has 0 aliphatic carbocycles. The molecule has 0 aliphatic rings. The molecule has 0 amide bonds. The van der Waals surface area contributed by atoms with Crippen LogP contribution in [0.15, 0.2) is 22.7 Å². The van der Waals surface area contributed by atoms with Crippen molar-refractivity contribution in [1.29, 1.82) is 0 Å². The summed E-state index contributed by atoms with van der Waals surface area (Å²) in [7, 11) is 1.68. The van der Waals surface area contributed by atoms with E-state index in [9.17, 15) is 0 Å². The van der Waals surface area contributed by atoms with E-state index in [0.717, 1.165) is 28.6 Å². The number of benzene rings is 1. The van der Waals surface area contributed by atoms with Crippen molar-refractivity contribution in [3.8, 4) is 5.75 Å². The predicted octanol–water partition coefficient (Wildman–Crippen LogP) is 5.17. The van der Waals surface area contributed by atoms with E-state index in [2.05, 4.69) is 35.8 Å². The Morgan fingerprint density at radius 2 is 1.94 bits per heavy atom. The fraction of sp³-hybridized carbons (Fsp3) is 0.538. The third-order valence-electron chi connectivity index (χ3n) is 2.95. The highest BCUT2D eigenvalue weighted by Crippen LogP contribution is 2.39. The topological polar surface area (TPSA) is 9.23 Å².